The summed E-state index contributed by atoms with van der Waals surface area (Å²) in [5, 5.41) is 7.10. The van der Waals surface area contributed by atoms with Gasteiger partial charge in [-0.1, -0.05) is 18.5 Å². The lowest BCUT2D eigenvalue weighted by Gasteiger charge is -2.34. The monoisotopic (exact) mass is 280 g/mol. The van der Waals surface area contributed by atoms with Gasteiger partial charge in [0.2, 0.25) is 0 Å². The first-order valence-corrected chi connectivity index (χ1v) is 7.13. The quantitative estimate of drug-likeness (QED) is 0.894. The third-order valence-electron chi connectivity index (χ3n) is 3.79. The molecule has 2 rings (SSSR count). The van der Waals surface area contributed by atoms with Crippen molar-refractivity contribution < 1.29 is 4.79 Å². The highest BCUT2D eigenvalue weighted by Gasteiger charge is 2.27. The van der Waals surface area contributed by atoms with Gasteiger partial charge in [0.1, 0.15) is 0 Å². The first kappa shape index (κ1) is 14.4. The Balaban J connectivity index is 1.97. The molecule has 1 heterocycles. The number of rotatable bonds is 3. The van der Waals surface area contributed by atoms with E-state index in [9.17, 15) is 4.79 Å². The summed E-state index contributed by atoms with van der Waals surface area (Å²) in [6.45, 7) is 6.88. The lowest BCUT2D eigenvalue weighted by atomic mass is 9.83. The highest BCUT2D eigenvalue weighted by Crippen LogP contribution is 2.24. The summed E-state index contributed by atoms with van der Waals surface area (Å²) in [7, 11) is 0. The normalized spacial score (nSPS) is 23.1. The van der Waals surface area contributed by atoms with Gasteiger partial charge in [-0.3, -0.25) is 4.79 Å². The number of aryl methyl sites for hydroxylation is 1. The molecule has 1 aromatic rings. The fraction of sp³-hybridized carbons (Fsp3) is 0.533. The Morgan fingerprint density at radius 1 is 1.53 bits per heavy atom. The van der Waals surface area contributed by atoms with Gasteiger partial charge in [0.25, 0.3) is 5.91 Å². The molecule has 19 heavy (non-hydrogen) atoms. The highest BCUT2D eigenvalue weighted by molar-refractivity contribution is 6.30. The predicted molar refractivity (Wildman–Crippen MR) is 78.7 cm³/mol. The maximum Gasteiger partial charge on any atom is 0.251 e. The number of carbonyl (C=O) groups excluding carboxylic acids is 1. The van der Waals surface area contributed by atoms with Gasteiger partial charge in [-0.2, -0.15) is 0 Å². The van der Waals surface area contributed by atoms with Crippen molar-refractivity contribution in [2.75, 3.05) is 19.6 Å². The third-order valence-corrected chi connectivity index (χ3v) is 4.03. The maximum atomic E-state index is 12.2. The van der Waals surface area contributed by atoms with E-state index in [1.807, 2.05) is 13.0 Å². The minimum atomic E-state index is -0.0130. The van der Waals surface area contributed by atoms with E-state index < -0.39 is 0 Å². The van der Waals surface area contributed by atoms with Crippen LogP contribution in [0.25, 0.3) is 0 Å². The molecular formula is C15H21ClN2O. The van der Waals surface area contributed by atoms with E-state index in [2.05, 4.69) is 17.6 Å². The topological polar surface area (TPSA) is 41.1 Å². The zero-order valence-corrected chi connectivity index (χ0v) is 12.3. The lowest BCUT2D eigenvalue weighted by Crippen LogP contribution is -2.45. The molecule has 0 aromatic heterocycles. The number of carbonyl (C=O) groups is 1. The molecule has 0 aliphatic carbocycles. The van der Waals surface area contributed by atoms with Crippen LogP contribution < -0.4 is 10.6 Å². The third kappa shape index (κ3) is 3.71. The summed E-state index contributed by atoms with van der Waals surface area (Å²) in [4.78, 5) is 12.2. The van der Waals surface area contributed by atoms with Crippen LogP contribution in [0.3, 0.4) is 0 Å². The van der Waals surface area contributed by atoms with Crippen LogP contribution in [-0.2, 0) is 0 Å². The van der Waals surface area contributed by atoms with Crippen LogP contribution in [0.2, 0.25) is 5.02 Å². The van der Waals surface area contributed by atoms with E-state index in [-0.39, 0.29) is 11.3 Å². The van der Waals surface area contributed by atoms with E-state index >= 15 is 0 Å². The number of hydrogen-bond acceptors (Lipinski definition) is 2. The molecular weight excluding hydrogens is 260 g/mol. The van der Waals surface area contributed by atoms with Gasteiger partial charge in [-0.15, -0.1) is 0 Å². The molecule has 2 N–H and O–H groups in total. The molecule has 3 nitrogen and oxygen atoms in total. The average molecular weight is 281 g/mol. The van der Waals surface area contributed by atoms with Gasteiger partial charge < -0.3 is 10.6 Å². The summed E-state index contributed by atoms with van der Waals surface area (Å²) in [6, 6.07) is 5.36. The van der Waals surface area contributed by atoms with Crippen LogP contribution in [-0.4, -0.2) is 25.5 Å². The molecule has 0 bridgehead atoms. The van der Waals surface area contributed by atoms with Gasteiger partial charge in [-0.05, 0) is 55.5 Å². The molecule has 104 valence electrons. The molecule has 0 radical (unpaired) electrons. The Kier molecular flexibility index (Phi) is 4.48. The number of benzene rings is 1. The molecule has 1 fully saturated rings. The molecule has 0 saturated carbocycles. The Bertz CT molecular complexity index is 467. The SMILES string of the molecule is Cc1cc(Cl)ccc1C(=O)NCC1(C)CCCNC1. The minimum absolute atomic E-state index is 0.0130. The van der Waals surface area contributed by atoms with Crippen LogP contribution in [0.4, 0.5) is 0 Å². The van der Waals surface area contributed by atoms with Crippen molar-refractivity contribution >= 4 is 17.5 Å². The highest BCUT2D eigenvalue weighted by atomic mass is 35.5. The fourth-order valence-electron chi connectivity index (χ4n) is 2.54. The number of nitrogens with one attached hydrogen (secondary N) is 2. The van der Waals surface area contributed by atoms with Crippen molar-refractivity contribution in [2.24, 2.45) is 5.41 Å². The van der Waals surface area contributed by atoms with Crippen LogP contribution in [0, 0.1) is 12.3 Å². The average Bonchev–Trinajstić information content (AvgIpc) is 2.37. The molecule has 1 amide bonds. The number of halogens is 1. The molecule has 1 aromatic carbocycles. The van der Waals surface area contributed by atoms with Crippen molar-refractivity contribution in [1.82, 2.24) is 10.6 Å². The molecule has 1 unspecified atom stereocenters. The van der Waals surface area contributed by atoms with Crippen LogP contribution >= 0.6 is 11.6 Å². The summed E-state index contributed by atoms with van der Waals surface area (Å²) in [5.74, 6) is -0.0130. The van der Waals surface area contributed by atoms with Crippen molar-refractivity contribution in [1.29, 1.82) is 0 Å². The Morgan fingerprint density at radius 2 is 2.32 bits per heavy atom. The molecule has 1 aliphatic rings. The second-order valence-corrected chi connectivity index (χ2v) is 6.17. The molecule has 1 aliphatic heterocycles. The molecule has 1 atom stereocenters. The first-order chi connectivity index (χ1) is 9.00. The first-order valence-electron chi connectivity index (χ1n) is 6.75. The van der Waals surface area contributed by atoms with Crippen molar-refractivity contribution in [2.45, 2.75) is 26.7 Å². The lowest BCUT2D eigenvalue weighted by molar-refractivity contribution is 0.0924. The van der Waals surface area contributed by atoms with E-state index in [1.165, 1.54) is 6.42 Å². The predicted octanol–water partition coefficient (Wildman–Crippen LogP) is 2.77. The smallest absolute Gasteiger partial charge is 0.251 e. The van der Waals surface area contributed by atoms with Gasteiger partial charge in [-0.25, -0.2) is 0 Å². The summed E-state index contributed by atoms with van der Waals surface area (Å²) >= 11 is 5.90. The van der Waals surface area contributed by atoms with Crippen LogP contribution in [0.15, 0.2) is 18.2 Å². The largest absolute Gasteiger partial charge is 0.351 e. The second kappa shape index (κ2) is 5.93. The number of amides is 1. The van der Waals surface area contributed by atoms with Gasteiger partial charge in [0.15, 0.2) is 0 Å². The van der Waals surface area contributed by atoms with Gasteiger partial charge in [0.05, 0.1) is 0 Å². The van der Waals surface area contributed by atoms with E-state index in [0.717, 1.165) is 25.1 Å². The minimum Gasteiger partial charge on any atom is -0.351 e. The number of hydrogen-bond donors (Lipinski definition) is 2. The Morgan fingerprint density at radius 3 is 2.95 bits per heavy atom. The second-order valence-electron chi connectivity index (χ2n) is 5.73. The van der Waals surface area contributed by atoms with Crippen LogP contribution in [0.1, 0.15) is 35.7 Å². The van der Waals surface area contributed by atoms with Gasteiger partial charge in [0, 0.05) is 23.7 Å². The van der Waals surface area contributed by atoms with E-state index in [4.69, 9.17) is 11.6 Å². The molecule has 1 saturated heterocycles. The molecule has 0 spiro atoms. The maximum absolute atomic E-state index is 12.2. The Hall–Kier alpha value is -1.06. The van der Waals surface area contributed by atoms with Gasteiger partial charge >= 0.3 is 0 Å². The standard InChI is InChI=1S/C15H21ClN2O/c1-11-8-12(16)4-5-13(11)14(19)18-10-15(2)6-3-7-17-9-15/h4-5,8,17H,3,6-7,9-10H2,1-2H3,(H,18,19). The Labute approximate surface area is 119 Å². The van der Waals surface area contributed by atoms with Crippen molar-refractivity contribution in [3.63, 3.8) is 0 Å². The summed E-state index contributed by atoms with van der Waals surface area (Å²) < 4.78 is 0. The molecule has 4 heteroatoms. The zero-order chi connectivity index (χ0) is 13.9. The summed E-state index contributed by atoms with van der Waals surface area (Å²) in [6.07, 6.45) is 2.33. The zero-order valence-electron chi connectivity index (χ0n) is 11.6. The summed E-state index contributed by atoms with van der Waals surface area (Å²) in [5.41, 5.74) is 1.78. The number of piperidine rings is 1. The van der Waals surface area contributed by atoms with E-state index in [0.29, 0.717) is 17.1 Å². The van der Waals surface area contributed by atoms with E-state index in [1.54, 1.807) is 12.1 Å². The fourth-order valence-corrected chi connectivity index (χ4v) is 2.77. The van der Waals surface area contributed by atoms with Crippen molar-refractivity contribution in [3.8, 4) is 0 Å². The van der Waals surface area contributed by atoms with Crippen molar-refractivity contribution in [3.05, 3.63) is 34.3 Å². The van der Waals surface area contributed by atoms with Crippen LogP contribution in [0.5, 0.6) is 0 Å².